The van der Waals surface area contributed by atoms with E-state index in [9.17, 15) is 9.90 Å². The summed E-state index contributed by atoms with van der Waals surface area (Å²) >= 11 is 0. The van der Waals surface area contributed by atoms with Gasteiger partial charge >= 0.3 is 0 Å². The lowest BCUT2D eigenvalue weighted by molar-refractivity contribution is 0.0787. The zero-order chi connectivity index (χ0) is 18.6. The maximum atomic E-state index is 13.2. The number of hydrogen-bond donors (Lipinski definition) is 1. The van der Waals surface area contributed by atoms with E-state index >= 15 is 0 Å². The highest BCUT2D eigenvalue weighted by molar-refractivity contribution is 6.00. The largest absolute Gasteiger partial charge is 0.392 e. The van der Waals surface area contributed by atoms with Crippen LogP contribution in [0.25, 0.3) is 0 Å². The van der Waals surface area contributed by atoms with Gasteiger partial charge in [0.25, 0.3) is 5.91 Å². The molecule has 2 saturated heterocycles. The fourth-order valence-electron chi connectivity index (χ4n) is 4.43. The van der Waals surface area contributed by atoms with E-state index in [1.54, 1.807) is 0 Å². The summed E-state index contributed by atoms with van der Waals surface area (Å²) in [6.45, 7) is 3.83. The summed E-state index contributed by atoms with van der Waals surface area (Å²) in [6, 6.07) is 16.2. The van der Waals surface area contributed by atoms with E-state index in [0.29, 0.717) is 5.92 Å². The van der Waals surface area contributed by atoms with E-state index in [-0.39, 0.29) is 12.5 Å². The van der Waals surface area contributed by atoms with E-state index in [2.05, 4.69) is 23.1 Å². The van der Waals surface area contributed by atoms with Crippen LogP contribution in [0.4, 0.5) is 5.69 Å². The SMILES string of the molecule is O=C(c1ccccc1N1CCCC1)N1CC[C@@H](Cc2cccc(CO)c2)C1. The van der Waals surface area contributed by atoms with Crippen LogP contribution in [0.15, 0.2) is 48.5 Å². The molecule has 0 aliphatic carbocycles. The minimum absolute atomic E-state index is 0.0798. The Labute approximate surface area is 161 Å². The fraction of sp³-hybridized carbons (Fsp3) is 0.435. The van der Waals surface area contributed by atoms with E-state index in [0.717, 1.165) is 55.8 Å². The molecule has 2 aliphatic heterocycles. The second kappa shape index (κ2) is 8.13. The molecule has 2 aliphatic rings. The van der Waals surface area contributed by atoms with Crippen molar-refractivity contribution in [1.29, 1.82) is 0 Å². The Morgan fingerprint density at radius 3 is 2.59 bits per heavy atom. The summed E-state index contributed by atoms with van der Waals surface area (Å²) < 4.78 is 0. The second-order valence-electron chi connectivity index (χ2n) is 7.80. The molecular formula is C23H28N2O2. The van der Waals surface area contributed by atoms with Gasteiger partial charge in [-0.3, -0.25) is 4.79 Å². The number of aliphatic hydroxyl groups is 1. The first-order valence-electron chi connectivity index (χ1n) is 10.1. The molecule has 0 unspecified atom stereocenters. The van der Waals surface area contributed by atoms with Crippen LogP contribution in [0.1, 0.15) is 40.7 Å². The Hall–Kier alpha value is -2.33. The van der Waals surface area contributed by atoms with Crippen molar-refractivity contribution in [1.82, 2.24) is 4.90 Å². The third kappa shape index (κ3) is 4.01. The van der Waals surface area contributed by atoms with Crippen molar-refractivity contribution in [3.63, 3.8) is 0 Å². The molecule has 2 aromatic rings. The maximum Gasteiger partial charge on any atom is 0.255 e. The fourth-order valence-corrected chi connectivity index (χ4v) is 4.43. The van der Waals surface area contributed by atoms with E-state index < -0.39 is 0 Å². The molecular weight excluding hydrogens is 336 g/mol. The summed E-state index contributed by atoms with van der Waals surface area (Å²) in [5, 5.41) is 9.32. The number of hydrogen-bond acceptors (Lipinski definition) is 3. The number of para-hydroxylation sites is 1. The Bertz CT molecular complexity index is 798. The lowest BCUT2D eigenvalue weighted by Gasteiger charge is -2.24. The zero-order valence-electron chi connectivity index (χ0n) is 15.8. The van der Waals surface area contributed by atoms with Gasteiger partial charge in [-0.2, -0.15) is 0 Å². The van der Waals surface area contributed by atoms with Crippen LogP contribution in [0, 0.1) is 5.92 Å². The second-order valence-corrected chi connectivity index (χ2v) is 7.80. The molecule has 1 atom stereocenters. The molecule has 1 N–H and O–H groups in total. The number of anilines is 1. The Morgan fingerprint density at radius 1 is 1.00 bits per heavy atom. The molecule has 4 heteroatoms. The molecule has 0 radical (unpaired) electrons. The quantitative estimate of drug-likeness (QED) is 0.883. The van der Waals surface area contributed by atoms with Crippen molar-refractivity contribution in [2.45, 2.75) is 32.3 Å². The molecule has 4 rings (SSSR count). The van der Waals surface area contributed by atoms with Crippen molar-refractivity contribution >= 4 is 11.6 Å². The molecule has 0 bridgehead atoms. The molecule has 1 amide bonds. The Balaban J connectivity index is 1.44. The van der Waals surface area contributed by atoms with Gasteiger partial charge in [0.05, 0.1) is 12.2 Å². The molecule has 2 fully saturated rings. The van der Waals surface area contributed by atoms with Gasteiger partial charge in [-0.15, -0.1) is 0 Å². The molecule has 2 aromatic carbocycles. The zero-order valence-corrected chi connectivity index (χ0v) is 15.8. The smallest absolute Gasteiger partial charge is 0.255 e. The van der Waals surface area contributed by atoms with Crippen LogP contribution in [0.3, 0.4) is 0 Å². The first-order valence-corrected chi connectivity index (χ1v) is 10.1. The van der Waals surface area contributed by atoms with Gasteiger partial charge in [0.15, 0.2) is 0 Å². The van der Waals surface area contributed by atoms with Crippen molar-refractivity contribution < 1.29 is 9.90 Å². The highest BCUT2D eigenvalue weighted by atomic mass is 16.3. The van der Waals surface area contributed by atoms with Gasteiger partial charge in [0, 0.05) is 31.9 Å². The number of aliphatic hydroxyl groups excluding tert-OH is 1. The van der Waals surface area contributed by atoms with Crippen LogP contribution in [0.2, 0.25) is 0 Å². The number of nitrogens with zero attached hydrogens (tertiary/aromatic N) is 2. The average Bonchev–Trinajstić information content (AvgIpc) is 3.40. The van der Waals surface area contributed by atoms with Gasteiger partial charge in [-0.25, -0.2) is 0 Å². The monoisotopic (exact) mass is 364 g/mol. The molecule has 2 heterocycles. The topological polar surface area (TPSA) is 43.8 Å². The minimum Gasteiger partial charge on any atom is -0.392 e. The van der Waals surface area contributed by atoms with Gasteiger partial charge in [0.1, 0.15) is 0 Å². The van der Waals surface area contributed by atoms with Crippen molar-refractivity contribution in [2.24, 2.45) is 5.92 Å². The Morgan fingerprint density at radius 2 is 1.78 bits per heavy atom. The maximum absolute atomic E-state index is 13.2. The molecule has 4 nitrogen and oxygen atoms in total. The number of carbonyl (C=O) groups excluding carboxylic acids is 1. The van der Waals surface area contributed by atoms with Crippen molar-refractivity contribution in [3.05, 3.63) is 65.2 Å². The van der Waals surface area contributed by atoms with E-state index in [4.69, 9.17) is 0 Å². The predicted octanol–water partition coefficient (Wildman–Crippen LogP) is 3.48. The lowest BCUT2D eigenvalue weighted by atomic mass is 9.97. The molecule has 0 saturated carbocycles. The van der Waals surface area contributed by atoms with Crippen molar-refractivity contribution in [3.8, 4) is 0 Å². The van der Waals surface area contributed by atoms with Gasteiger partial charge in [-0.05, 0) is 54.9 Å². The molecule has 27 heavy (non-hydrogen) atoms. The van der Waals surface area contributed by atoms with Gasteiger partial charge in [-0.1, -0.05) is 36.4 Å². The van der Waals surface area contributed by atoms with Gasteiger partial charge < -0.3 is 14.9 Å². The Kier molecular flexibility index (Phi) is 5.44. The molecule has 0 aromatic heterocycles. The van der Waals surface area contributed by atoms with E-state index in [1.807, 2.05) is 35.2 Å². The first-order chi connectivity index (χ1) is 13.2. The number of carbonyl (C=O) groups is 1. The standard InChI is InChI=1S/C23H28N2O2/c26-17-20-7-5-6-18(15-20)14-19-10-13-25(16-19)23(27)21-8-1-2-9-22(21)24-11-3-4-12-24/h1-2,5-9,15,19,26H,3-4,10-14,16-17H2/t19-/m0/s1. The molecule has 142 valence electrons. The van der Waals surface area contributed by atoms with Crippen LogP contribution in [-0.4, -0.2) is 42.1 Å². The summed E-state index contributed by atoms with van der Waals surface area (Å²) in [7, 11) is 0. The minimum atomic E-state index is 0.0798. The number of amides is 1. The first kappa shape index (κ1) is 18.1. The number of rotatable bonds is 5. The molecule has 0 spiro atoms. The van der Waals surface area contributed by atoms with E-state index in [1.165, 1.54) is 18.4 Å². The van der Waals surface area contributed by atoms with Crippen LogP contribution >= 0.6 is 0 Å². The average molecular weight is 364 g/mol. The van der Waals surface area contributed by atoms with Gasteiger partial charge in [0.2, 0.25) is 0 Å². The van der Waals surface area contributed by atoms with Crippen molar-refractivity contribution in [2.75, 3.05) is 31.1 Å². The summed E-state index contributed by atoms with van der Waals surface area (Å²) in [5.74, 6) is 0.658. The highest BCUT2D eigenvalue weighted by Crippen LogP contribution is 2.28. The highest BCUT2D eigenvalue weighted by Gasteiger charge is 2.29. The van der Waals surface area contributed by atoms with Crippen LogP contribution < -0.4 is 4.90 Å². The van der Waals surface area contributed by atoms with Crippen LogP contribution in [-0.2, 0) is 13.0 Å². The lowest BCUT2D eigenvalue weighted by Crippen LogP contribution is -2.31. The van der Waals surface area contributed by atoms with Crippen LogP contribution in [0.5, 0.6) is 0 Å². The summed E-state index contributed by atoms with van der Waals surface area (Å²) in [5.41, 5.74) is 4.15. The third-order valence-electron chi connectivity index (χ3n) is 5.85. The number of likely N-dealkylation sites (tertiary alicyclic amines) is 1. The normalized spacial score (nSPS) is 19.7. The summed E-state index contributed by atoms with van der Waals surface area (Å²) in [6.07, 6.45) is 4.43. The predicted molar refractivity (Wildman–Crippen MR) is 108 cm³/mol. The summed E-state index contributed by atoms with van der Waals surface area (Å²) in [4.78, 5) is 17.6. The number of benzene rings is 2. The third-order valence-corrected chi connectivity index (χ3v) is 5.85.